The highest BCUT2D eigenvalue weighted by molar-refractivity contribution is 5.86. The number of halogens is 1. The predicted octanol–water partition coefficient (Wildman–Crippen LogP) is 3.62. The van der Waals surface area contributed by atoms with Crippen LogP contribution in [0.4, 0.5) is 10.2 Å². The third-order valence-corrected chi connectivity index (χ3v) is 6.50. The van der Waals surface area contributed by atoms with E-state index in [1.54, 1.807) is 6.20 Å². The van der Waals surface area contributed by atoms with Crippen LogP contribution in [-0.4, -0.2) is 68.9 Å². The summed E-state index contributed by atoms with van der Waals surface area (Å²) in [5, 5.41) is 0. The number of allylic oxidation sites excluding steroid dienone is 3. The van der Waals surface area contributed by atoms with Gasteiger partial charge in [-0.3, -0.25) is 9.88 Å². The second-order valence-corrected chi connectivity index (χ2v) is 9.23. The maximum absolute atomic E-state index is 14.0. The van der Waals surface area contributed by atoms with Crippen molar-refractivity contribution in [2.75, 3.05) is 45.2 Å². The topological polar surface area (TPSA) is 104 Å². The molecule has 3 aromatic rings. The molecule has 0 aromatic carbocycles. The van der Waals surface area contributed by atoms with Gasteiger partial charge in [-0.25, -0.2) is 9.37 Å². The van der Waals surface area contributed by atoms with Gasteiger partial charge in [0.15, 0.2) is 17.0 Å². The van der Waals surface area contributed by atoms with Crippen LogP contribution in [-0.2, 0) is 11.3 Å². The zero-order valence-electron chi connectivity index (χ0n) is 20.6. The van der Waals surface area contributed by atoms with E-state index in [-0.39, 0.29) is 11.8 Å². The summed E-state index contributed by atoms with van der Waals surface area (Å²) in [5.74, 6) is 0.800. The van der Waals surface area contributed by atoms with Crippen LogP contribution in [0.15, 0.2) is 42.3 Å². The molecule has 5 rings (SSSR count). The summed E-state index contributed by atoms with van der Waals surface area (Å²) >= 11 is 0. The fourth-order valence-electron chi connectivity index (χ4n) is 4.54. The molecule has 4 heterocycles. The fourth-order valence-corrected chi connectivity index (χ4v) is 4.54. The van der Waals surface area contributed by atoms with E-state index in [1.807, 2.05) is 4.57 Å². The fraction of sp³-hybridized carbons (Fsp3) is 0.462. The molecule has 1 aliphatic heterocycles. The van der Waals surface area contributed by atoms with Crippen LogP contribution >= 0.6 is 0 Å². The van der Waals surface area contributed by atoms with E-state index in [2.05, 4.69) is 45.0 Å². The SMILES string of the molecule is CCCCOc1nc(N)c2nc(-c3cncc(F)c3)n(CC3=CCC(CN4CCOCC4)C=C3)c2n1. The van der Waals surface area contributed by atoms with Crippen molar-refractivity contribution in [3.05, 3.63) is 48.1 Å². The van der Waals surface area contributed by atoms with Crippen molar-refractivity contribution >= 4 is 17.0 Å². The Balaban J connectivity index is 1.44. The van der Waals surface area contributed by atoms with Gasteiger partial charge in [0.05, 0.1) is 32.6 Å². The maximum Gasteiger partial charge on any atom is 0.320 e. The van der Waals surface area contributed by atoms with E-state index < -0.39 is 5.82 Å². The Morgan fingerprint density at radius 3 is 2.81 bits per heavy atom. The van der Waals surface area contributed by atoms with Crippen molar-refractivity contribution < 1.29 is 13.9 Å². The number of nitrogen functional groups attached to an aromatic ring is 1. The lowest BCUT2D eigenvalue weighted by Crippen LogP contribution is -2.39. The molecule has 3 aromatic heterocycles. The molecule has 36 heavy (non-hydrogen) atoms. The van der Waals surface area contributed by atoms with Crippen LogP contribution in [0.3, 0.4) is 0 Å². The highest BCUT2D eigenvalue weighted by atomic mass is 19.1. The highest BCUT2D eigenvalue weighted by Gasteiger charge is 2.21. The molecule has 10 heteroatoms. The van der Waals surface area contributed by atoms with Gasteiger partial charge < -0.3 is 19.8 Å². The summed E-state index contributed by atoms with van der Waals surface area (Å²) in [7, 11) is 0. The molecule has 1 saturated heterocycles. The van der Waals surface area contributed by atoms with Gasteiger partial charge in [0.25, 0.3) is 0 Å². The summed E-state index contributed by atoms with van der Waals surface area (Å²) in [6.07, 6.45) is 12.3. The Bertz CT molecular complexity index is 1270. The van der Waals surface area contributed by atoms with Crippen LogP contribution in [0.5, 0.6) is 6.01 Å². The zero-order valence-corrected chi connectivity index (χ0v) is 20.6. The minimum atomic E-state index is -0.434. The van der Waals surface area contributed by atoms with E-state index in [4.69, 9.17) is 20.2 Å². The first-order valence-electron chi connectivity index (χ1n) is 12.6. The number of hydrogen-bond acceptors (Lipinski definition) is 8. The molecule has 9 nitrogen and oxygen atoms in total. The molecule has 1 fully saturated rings. The molecular weight excluding hydrogens is 461 g/mol. The van der Waals surface area contributed by atoms with E-state index in [9.17, 15) is 4.39 Å². The van der Waals surface area contributed by atoms with Crippen LogP contribution in [0, 0.1) is 11.7 Å². The lowest BCUT2D eigenvalue weighted by atomic mass is 9.96. The monoisotopic (exact) mass is 493 g/mol. The van der Waals surface area contributed by atoms with Gasteiger partial charge in [-0.15, -0.1) is 0 Å². The summed E-state index contributed by atoms with van der Waals surface area (Å²) in [5.41, 5.74) is 8.94. The first-order chi connectivity index (χ1) is 17.6. The van der Waals surface area contributed by atoms with E-state index in [0.717, 1.165) is 57.7 Å². The minimum absolute atomic E-state index is 0.220. The van der Waals surface area contributed by atoms with Crippen molar-refractivity contribution in [1.29, 1.82) is 0 Å². The quantitative estimate of drug-likeness (QED) is 0.451. The number of anilines is 1. The first kappa shape index (κ1) is 24.3. The number of nitrogens with zero attached hydrogens (tertiary/aromatic N) is 6. The molecule has 2 N–H and O–H groups in total. The molecule has 0 bridgehead atoms. The average molecular weight is 494 g/mol. The van der Waals surface area contributed by atoms with Gasteiger partial charge in [0, 0.05) is 31.4 Å². The van der Waals surface area contributed by atoms with Gasteiger partial charge in [-0.2, -0.15) is 9.97 Å². The number of rotatable bonds is 9. The number of hydrogen-bond donors (Lipinski definition) is 1. The number of ether oxygens (including phenoxy) is 2. The number of imidazole rings is 1. The Morgan fingerprint density at radius 1 is 1.19 bits per heavy atom. The molecule has 1 aliphatic carbocycles. The Hall–Kier alpha value is -3.37. The van der Waals surface area contributed by atoms with Gasteiger partial charge >= 0.3 is 6.01 Å². The second kappa shape index (κ2) is 11.1. The van der Waals surface area contributed by atoms with Crippen LogP contribution < -0.4 is 10.5 Å². The van der Waals surface area contributed by atoms with Crippen LogP contribution in [0.1, 0.15) is 26.2 Å². The summed E-state index contributed by atoms with van der Waals surface area (Å²) in [6, 6.07) is 1.63. The normalized spacial score (nSPS) is 18.5. The maximum atomic E-state index is 14.0. The molecule has 190 valence electrons. The van der Waals surface area contributed by atoms with Crippen LogP contribution in [0.2, 0.25) is 0 Å². The zero-order chi connectivity index (χ0) is 24.9. The molecule has 0 spiro atoms. The number of fused-ring (bicyclic) bond motifs is 1. The van der Waals surface area contributed by atoms with Crippen molar-refractivity contribution in [2.24, 2.45) is 5.92 Å². The molecule has 0 saturated carbocycles. The summed E-state index contributed by atoms with van der Waals surface area (Å²) < 4.78 is 27.2. The molecule has 0 amide bonds. The van der Waals surface area contributed by atoms with Crippen molar-refractivity contribution in [3.63, 3.8) is 0 Å². The largest absolute Gasteiger partial charge is 0.463 e. The molecular formula is C26H32FN7O2. The van der Waals surface area contributed by atoms with Crippen molar-refractivity contribution in [3.8, 4) is 17.4 Å². The number of nitrogens with two attached hydrogens (primary N) is 1. The molecule has 1 atom stereocenters. The highest BCUT2D eigenvalue weighted by Crippen LogP contribution is 2.30. The first-order valence-corrected chi connectivity index (χ1v) is 12.6. The summed E-state index contributed by atoms with van der Waals surface area (Å²) in [4.78, 5) is 20.1. The molecule has 0 radical (unpaired) electrons. The minimum Gasteiger partial charge on any atom is -0.463 e. The Labute approximate surface area is 209 Å². The van der Waals surface area contributed by atoms with Crippen molar-refractivity contribution in [2.45, 2.75) is 32.7 Å². The molecule has 2 aliphatic rings. The van der Waals surface area contributed by atoms with Crippen molar-refractivity contribution in [1.82, 2.24) is 29.4 Å². The van der Waals surface area contributed by atoms with E-state index in [0.29, 0.717) is 41.6 Å². The number of aromatic nitrogens is 5. The third-order valence-electron chi connectivity index (χ3n) is 6.50. The van der Waals surface area contributed by atoms with E-state index >= 15 is 0 Å². The number of unbranched alkanes of at least 4 members (excludes halogenated alkanes) is 1. The lowest BCUT2D eigenvalue weighted by molar-refractivity contribution is 0.0335. The number of pyridine rings is 1. The summed E-state index contributed by atoms with van der Waals surface area (Å²) in [6.45, 7) is 7.71. The van der Waals surface area contributed by atoms with Crippen LogP contribution in [0.25, 0.3) is 22.6 Å². The average Bonchev–Trinajstić information content (AvgIpc) is 3.25. The molecule has 1 unspecified atom stereocenters. The second-order valence-electron chi connectivity index (χ2n) is 9.23. The van der Waals surface area contributed by atoms with E-state index in [1.165, 1.54) is 12.3 Å². The Morgan fingerprint density at radius 2 is 2.06 bits per heavy atom. The van der Waals surface area contributed by atoms with Gasteiger partial charge in [0.2, 0.25) is 0 Å². The third kappa shape index (κ3) is 5.55. The van der Waals surface area contributed by atoms with Gasteiger partial charge in [-0.05, 0) is 30.4 Å². The lowest BCUT2D eigenvalue weighted by Gasteiger charge is -2.30. The number of morpholine rings is 1. The Kier molecular flexibility index (Phi) is 7.52. The van der Waals surface area contributed by atoms with Gasteiger partial charge in [0.1, 0.15) is 11.6 Å². The predicted molar refractivity (Wildman–Crippen MR) is 136 cm³/mol. The smallest absolute Gasteiger partial charge is 0.320 e. The van der Waals surface area contributed by atoms with Gasteiger partial charge in [-0.1, -0.05) is 31.6 Å². The standard InChI is InChI=1S/C26H32FN7O2/c1-2-3-10-36-26-31-23(28)22-25(32-26)34(24(30-22)20-13-21(27)15-29-14-20)17-19-6-4-18(5-7-19)16-33-8-11-35-12-9-33/h4,6-7,13-15,18H,2-3,5,8-12,16-17H2,1H3,(H2,28,31,32).